The number of carbonyl (C=O) groups excluding carboxylic acids is 1. The van der Waals surface area contributed by atoms with Crippen molar-refractivity contribution < 1.29 is 14.3 Å². The SMILES string of the molecule is CN=C(NCCCCCCC(=O)OC(C)(C)C)N1CCC(COC)C1. The summed E-state index contributed by atoms with van der Waals surface area (Å²) < 4.78 is 10.6. The lowest BCUT2D eigenvalue weighted by atomic mass is 10.1. The van der Waals surface area contributed by atoms with Crippen LogP contribution in [-0.4, -0.2) is 62.8 Å². The minimum absolute atomic E-state index is 0.0920. The molecule has 0 saturated carbocycles. The zero-order valence-corrected chi connectivity index (χ0v) is 16.8. The molecule has 0 bridgehead atoms. The number of unbranched alkanes of at least 4 members (excludes halogenated alkanes) is 3. The lowest BCUT2D eigenvalue weighted by molar-refractivity contribution is -0.154. The highest BCUT2D eigenvalue weighted by Gasteiger charge is 2.24. The molecule has 1 atom stereocenters. The molecule has 1 aliphatic rings. The summed E-state index contributed by atoms with van der Waals surface area (Å²) in [6, 6.07) is 0. The van der Waals surface area contributed by atoms with Gasteiger partial charge in [0.1, 0.15) is 5.60 Å². The van der Waals surface area contributed by atoms with Crippen LogP contribution in [-0.2, 0) is 14.3 Å². The third-order valence-corrected chi connectivity index (χ3v) is 4.21. The number of aliphatic imine (C=N–C) groups is 1. The highest BCUT2D eigenvalue weighted by atomic mass is 16.6. The van der Waals surface area contributed by atoms with Crippen molar-refractivity contribution >= 4 is 11.9 Å². The molecule has 0 aromatic rings. The molecule has 1 saturated heterocycles. The molecule has 1 rings (SSSR count). The van der Waals surface area contributed by atoms with E-state index in [4.69, 9.17) is 9.47 Å². The van der Waals surface area contributed by atoms with Crippen molar-refractivity contribution in [2.45, 2.75) is 64.9 Å². The van der Waals surface area contributed by atoms with Crippen LogP contribution in [0.2, 0.25) is 0 Å². The van der Waals surface area contributed by atoms with Crippen LogP contribution in [0.3, 0.4) is 0 Å². The number of guanidine groups is 1. The van der Waals surface area contributed by atoms with Gasteiger partial charge in [0.05, 0.1) is 6.61 Å². The number of ether oxygens (including phenoxy) is 2. The second kappa shape index (κ2) is 11.3. The summed E-state index contributed by atoms with van der Waals surface area (Å²) in [5.74, 6) is 1.51. The second-order valence-electron chi connectivity index (χ2n) is 7.78. The van der Waals surface area contributed by atoms with Gasteiger partial charge >= 0.3 is 5.97 Å². The second-order valence-corrected chi connectivity index (χ2v) is 7.78. The Bertz CT molecular complexity index is 419. The van der Waals surface area contributed by atoms with Crippen LogP contribution in [0, 0.1) is 5.92 Å². The molecule has 146 valence electrons. The predicted molar refractivity (Wildman–Crippen MR) is 102 cm³/mol. The Balaban J connectivity index is 2.08. The van der Waals surface area contributed by atoms with Crippen molar-refractivity contribution in [2.75, 3.05) is 40.4 Å². The lowest BCUT2D eigenvalue weighted by Crippen LogP contribution is -2.40. The number of rotatable bonds is 9. The van der Waals surface area contributed by atoms with Crippen molar-refractivity contribution in [1.82, 2.24) is 10.2 Å². The number of hydrogen-bond donors (Lipinski definition) is 1. The van der Waals surface area contributed by atoms with E-state index in [0.717, 1.165) is 57.9 Å². The highest BCUT2D eigenvalue weighted by Crippen LogP contribution is 2.16. The normalized spacial score (nSPS) is 18.5. The number of carbonyl (C=O) groups is 1. The van der Waals surface area contributed by atoms with Crippen molar-refractivity contribution in [1.29, 1.82) is 0 Å². The molecule has 0 amide bonds. The van der Waals surface area contributed by atoms with Gasteiger partial charge in [-0.2, -0.15) is 0 Å². The Kier molecular flexibility index (Phi) is 9.86. The molecule has 0 aliphatic carbocycles. The molecule has 0 spiro atoms. The largest absolute Gasteiger partial charge is 0.460 e. The maximum Gasteiger partial charge on any atom is 0.306 e. The van der Waals surface area contributed by atoms with E-state index in [2.05, 4.69) is 15.2 Å². The quantitative estimate of drug-likeness (QED) is 0.298. The molecule has 1 N–H and O–H groups in total. The van der Waals surface area contributed by atoms with Gasteiger partial charge in [0.2, 0.25) is 0 Å². The molecule has 6 heteroatoms. The third kappa shape index (κ3) is 9.68. The Morgan fingerprint density at radius 3 is 2.60 bits per heavy atom. The summed E-state index contributed by atoms with van der Waals surface area (Å²) in [5.41, 5.74) is -0.380. The van der Waals surface area contributed by atoms with Crippen LogP contribution in [0.15, 0.2) is 4.99 Å². The van der Waals surface area contributed by atoms with Crippen molar-refractivity contribution in [2.24, 2.45) is 10.9 Å². The van der Waals surface area contributed by atoms with Crippen LogP contribution in [0.5, 0.6) is 0 Å². The van der Waals surface area contributed by atoms with Crippen LogP contribution < -0.4 is 5.32 Å². The molecule has 1 fully saturated rings. The number of methoxy groups -OCH3 is 1. The fraction of sp³-hybridized carbons (Fsp3) is 0.895. The van der Waals surface area contributed by atoms with Gasteiger partial charge in [0.15, 0.2) is 5.96 Å². The maximum atomic E-state index is 11.6. The summed E-state index contributed by atoms with van der Waals surface area (Å²) in [6.07, 6.45) is 5.83. The van der Waals surface area contributed by atoms with Gasteiger partial charge in [0.25, 0.3) is 0 Å². The first kappa shape index (κ1) is 21.7. The number of nitrogens with zero attached hydrogens (tertiary/aromatic N) is 2. The average molecular weight is 356 g/mol. The molecule has 1 aliphatic heterocycles. The van der Waals surface area contributed by atoms with Crippen LogP contribution in [0.1, 0.15) is 59.3 Å². The predicted octanol–water partition coefficient (Wildman–Crippen LogP) is 2.82. The molecule has 1 unspecified atom stereocenters. The van der Waals surface area contributed by atoms with Crippen molar-refractivity contribution in [3.8, 4) is 0 Å². The monoisotopic (exact) mass is 355 g/mol. The number of nitrogens with one attached hydrogen (secondary N) is 1. The summed E-state index contributed by atoms with van der Waals surface area (Å²) in [6.45, 7) is 9.52. The van der Waals surface area contributed by atoms with E-state index in [-0.39, 0.29) is 11.6 Å². The lowest BCUT2D eigenvalue weighted by Gasteiger charge is -2.21. The zero-order valence-electron chi connectivity index (χ0n) is 16.8. The van der Waals surface area contributed by atoms with Gasteiger partial charge in [-0.1, -0.05) is 12.8 Å². The van der Waals surface area contributed by atoms with Gasteiger partial charge in [-0.3, -0.25) is 9.79 Å². The van der Waals surface area contributed by atoms with E-state index in [1.807, 2.05) is 27.8 Å². The smallest absolute Gasteiger partial charge is 0.306 e. The van der Waals surface area contributed by atoms with E-state index < -0.39 is 0 Å². The van der Waals surface area contributed by atoms with E-state index in [1.165, 1.54) is 6.42 Å². The molecular formula is C19H37N3O3. The van der Waals surface area contributed by atoms with Crippen LogP contribution >= 0.6 is 0 Å². The maximum absolute atomic E-state index is 11.6. The van der Waals surface area contributed by atoms with Crippen molar-refractivity contribution in [3.05, 3.63) is 0 Å². The summed E-state index contributed by atoms with van der Waals surface area (Å²) in [5, 5.41) is 3.45. The van der Waals surface area contributed by atoms with E-state index in [1.54, 1.807) is 7.11 Å². The fourth-order valence-corrected chi connectivity index (χ4v) is 3.07. The van der Waals surface area contributed by atoms with Crippen molar-refractivity contribution in [3.63, 3.8) is 0 Å². The summed E-state index contributed by atoms with van der Waals surface area (Å²) >= 11 is 0. The van der Waals surface area contributed by atoms with E-state index in [9.17, 15) is 4.79 Å². The van der Waals surface area contributed by atoms with Crippen LogP contribution in [0.25, 0.3) is 0 Å². The Morgan fingerprint density at radius 2 is 1.96 bits per heavy atom. The molecule has 0 aromatic heterocycles. The minimum atomic E-state index is -0.380. The van der Waals surface area contributed by atoms with E-state index >= 15 is 0 Å². The molecule has 6 nitrogen and oxygen atoms in total. The Hall–Kier alpha value is -1.30. The van der Waals surface area contributed by atoms with E-state index in [0.29, 0.717) is 12.3 Å². The first-order chi connectivity index (χ1) is 11.9. The topological polar surface area (TPSA) is 63.2 Å². The number of hydrogen-bond acceptors (Lipinski definition) is 4. The molecular weight excluding hydrogens is 318 g/mol. The minimum Gasteiger partial charge on any atom is -0.460 e. The molecule has 25 heavy (non-hydrogen) atoms. The molecule has 1 heterocycles. The third-order valence-electron chi connectivity index (χ3n) is 4.21. The number of esters is 1. The first-order valence-corrected chi connectivity index (χ1v) is 9.52. The average Bonchev–Trinajstić information content (AvgIpc) is 2.97. The molecule has 0 radical (unpaired) electrons. The van der Waals surface area contributed by atoms with Gasteiger partial charge < -0.3 is 19.7 Å². The standard InChI is InChI=1S/C19H37N3O3/c1-19(2,3)25-17(23)10-8-6-7-9-12-21-18(20-4)22-13-11-16(14-22)15-24-5/h16H,6-15H2,1-5H3,(H,20,21). The zero-order chi connectivity index (χ0) is 18.7. The summed E-state index contributed by atoms with van der Waals surface area (Å²) in [7, 11) is 3.60. The highest BCUT2D eigenvalue weighted by molar-refractivity contribution is 5.80. The Morgan fingerprint density at radius 1 is 1.24 bits per heavy atom. The van der Waals surface area contributed by atoms with Gasteiger partial charge in [-0.05, 0) is 40.0 Å². The number of likely N-dealkylation sites (tertiary alicyclic amines) is 1. The van der Waals surface area contributed by atoms with Gasteiger partial charge in [-0.25, -0.2) is 0 Å². The van der Waals surface area contributed by atoms with Gasteiger partial charge in [0, 0.05) is 46.1 Å². The summed E-state index contributed by atoms with van der Waals surface area (Å²) in [4.78, 5) is 18.3. The first-order valence-electron chi connectivity index (χ1n) is 9.52. The molecule has 0 aromatic carbocycles. The van der Waals surface area contributed by atoms with Gasteiger partial charge in [-0.15, -0.1) is 0 Å². The van der Waals surface area contributed by atoms with Crippen LogP contribution in [0.4, 0.5) is 0 Å². The Labute approximate surface area is 153 Å². The fourth-order valence-electron chi connectivity index (χ4n) is 3.07.